The number of hydrogen-bond donors (Lipinski definition) is 3. The van der Waals surface area contributed by atoms with Gasteiger partial charge in [0.25, 0.3) is 0 Å². The Morgan fingerprint density at radius 1 is 0.350 bits per heavy atom. The fourth-order valence-corrected chi connectivity index (χ4v) is 12.9. The molecule has 0 saturated heterocycles. The number of unbranched alkanes of at least 4 members (excludes halogenated alkanes) is 27. The van der Waals surface area contributed by atoms with Gasteiger partial charge in [-0.3, -0.25) is 0 Å². The van der Waals surface area contributed by atoms with Crippen molar-refractivity contribution >= 4 is 48.6 Å². The molecule has 3 amide bonds. The summed E-state index contributed by atoms with van der Waals surface area (Å²) in [6, 6.07) is 16.9. The summed E-state index contributed by atoms with van der Waals surface area (Å²) < 4.78 is 135. The number of alkyl carbamates (subject to hydrolysis) is 3. The second-order valence-corrected chi connectivity index (χ2v) is 30.4. The van der Waals surface area contributed by atoms with Gasteiger partial charge in [-0.25, -0.2) is 39.6 Å². The minimum absolute atomic E-state index is 0. The number of amides is 3. The molecule has 576 valence electrons. The molecule has 3 aromatic rings. The number of benzene rings is 3. The molecular weight excluding hydrogens is 1410 g/mol. The summed E-state index contributed by atoms with van der Waals surface area (Å²) in [5.74, 6) is 1.13. The molecule has 0 radical (unpaired) electrons. The van der Waals surface area contributed by atoms with Crippen molar-refractivity contribution in [2.24, 2.45) is 0 Å². The average Bonchev–Trinajstić information content (AvgIpc) is 0.860. The molecule has 0 aliphatic rings. The zero-order chi connectivity index (χ0) is 74.3. The van der Waals surface area contributed by atoms with Crippen molar-refractivity contribution in [3.8, 4) is 23.0 Å². The molecule has 28 heteroatoms. The molecule has 3 aromatic carbocycles. The van der Waals surface area contributed by atoms with Crippen LogP contribution in [0.4, 0.5) is 14.4 Å². The van der Waals surface area contributed by atoms with Gasteiger partial charge in [-0.05, 0) is 136 Å². The van der Waals surface area contributed by atoms with E-state index in [9.17, 15) is 53.3 Å². The van der Waals surface area contributed by atoms with Gasteiger partial charge in [0.05, 0.1) is 58.8 Å². The molecule has 3 atom stereocenters. The van der Waals surface area contributed by atoms with Crippen LogP contribution >= 0.6 is 0 Å². The summed E-state index contributed by atoms with van der Waals surface area (Å²) in [6.45, 7) is 10.8. The van der Waals surface area contributed by atoms with Crippen molar-refractivity contribution in [2.45, 2.75) is 284 Å². The fraction of sp³-hybridized carbons (Fsp3) is 0.720. The van der Waals surface area contributed by atoms with Crippen LogP contribution in [0.1, 0.15) is 298 Å². The molecule has 103 heavy (non-hydrogen) atoms. The first-order valence-corrected chi connectivity index (χ1v) is 41.7. The summed E-state index contributed by atoms with van der Waals surface area (Å²) >= 11 is 0. The Labute approximate surface area is 687 Å². The zero-order valence-electron chi connectivity index (χ0n) is 65.1. The van der Waals surface area contributed by atoms with Crippen LogP contribution in [0, 0.1) is 13.8 Å². The van der Waals surface area contributed by atoms with E-state index in [1.807, 2.05) is 56.3 Å². The van der Waals surface area contributed by atoms with Gasteiger partial charge >= 0.3 is 107 Å². The van der Waals surface area contributed by atoms with Crippen molar-refractivity contribution in [3.05, 3.63) is 82.4 Å². The van der Waals surface area contributed by atoms with Crippen molar-refractivity contribution in [3.63, 3.8) is 0 Å². The van der Waals surface area contributed by atoms with E-state index >= 15 is 0 Å². The molecule has 22 nitrogen and oxygen atoms in total. The molecule has 0 heterocycles. The maximum absolute atomic E-state index is 12.3. The standard InChI is InChI=1S/C25H43NO7S.2C25H43NO6S.3Na/c1-4-5-6-7-8-9-10-11-12-13-15-22(21-16-17-23(31-2)24(20-21)32-3)33-25(27)26-18-14-19-34(28,29)30;1-4-5-6-7-8-9-10-11-12-13-15-24(23-17-16-22(31-3)20-21(23)2)32-25(27)26-18-14-19-33(28,29)30;1-4-5-6-7-8-9-10-11-12-13-15-24(22-16-17-23(31-3)21(2)20-22)32-25(27)26-18-14-19-33(28,29)30;;;/h16-17,20,22H,4-15,18-19H2,1-3H3,(H,26,27)(H,28,29,30);2*16-17,20,24H,4-15,18-19H2,1-3H3,(H,26,27)(H,28,29,30);;;/q;;;3*+1/p-3. The van der Waals surface area contributed by atoms with E-state index in [2.05, 4.69) is 36.7 Å². The van der Waals surface area contributed by atoms with Crippen molar-refractivity contribution < 1.29 is 175 Å². The van der Waals surface area contributed by atoms with E-state index in [4.69, 9.17) is 33.2 Å². The molecule has 3 N–H and O–H groups in total. The summed E-state index contributed by atoms with van der Waals surface area (Å²) in [5.41, 5.74) is 4.58. The number of hydrogen-bond acceptors (Lipinski definition) is 19. The Morgan fingerprint density at radius 3 is 0.951 bits per heavy atom. The predicted octanol–water partition coefficient (Wildman–Crippen LogP) is 8.76. The third kappa shape index (κ3) is 57.2. The second kappa shape index (κ2) is 65.3. The van der Waals surface area contributed by atoms with Crippen LogP contribution in [-0.4, -0.2) is 123 Å². The Balaban J connectivity index is -0.00000144. The number of aryl methyl sites for hydroxylation is 2. The van der Waals surface area contributed by atoms with E-state index in [1.54, 1.807) is 40.6 Å². The molecule has 3 rings (SSSR count). The number of methoxy groups -OCH3 is 4. The SMILES string of the molecule is CCCCCCCCCCCCC(OC(=O)NCCCS(=O)(=O)[O-])c1ccc(OC)c(C)c1.CCCCCCCCCCCCC(OC(=O)NCCCS(=O)(=O)[O-])c1ccc(OC)c(OC)c1.CCCCCCCCCCCCC(OC(=O)NCCCS(=O)(=O)[O-])c1ccc(OC)cc1C.[Na+].[Na+].[Na+]. The zero-order valence-corrected chi connectivity index (χ0v) is 73.6. The Hall–Kier alpha value is -2.60. The van der Waals surface area contributed by atoms with Crippen LogP contribution in [-0.2, 0) is 44.6 Å². The topological polar surface area (TPSA) is 324 Å². The van der Waals surface area contributed by atoms with Gasteiger partial charge in [-0.2, -0.15) is 0 Å². The second-order valence-electron chi connectivity index (χ2n) is 25.8. The fourth-order valence-electron chi connectivity index (χ4n) is 11.4. The van der Waals surface area contributed by atoms with Crippen LogP contribution < -0.4 is 124 Å². The van der Waals surface area contributed by atoms with Gasteiger partial charge in [0.15, 0.2) is 11.5 Å². The molecule has 3 unspecified atom stereocenters. The Kier molecular flexibility index (Phi) is 66.3. The molecule has 0 aliphatic heterocycles. The summed E-state index contributed by atoms with van der Waals surface area (Å²) in [4.78, 5) is 36.8. The van der Waals surface area contributed by atoms with Crippen LogP contribution in [0.3, 0.4) is 0 Å². The van der Waals surface area contributed by atoms with E-state index in [0.29, 0.717) is 30.8 Å². The molecule has 0 fully saturated rings. The van der Waals surface area contributed by atoms with Crippen LogP contribution in [0.5, 0.6) is 23.0 Å². The Bertz CT molecular complexity index is 3010. The summed E-state index contributed by atoms with van der Waals surface area (Å²) in [6.07, 6.45) is 35.9. The van der Waals surface area contributed by atoms with E-state index in [1.165, 1.54) is 148 Å². The van der Waals surface area contributed by atoms with E-state index in [0.717, 1.165) is 84.3 Å². The van der Waals surface area contributed by atoms with Crippen molar-refractivity contribution in [1.29, 1.82) is 0 Å². The molecule has 0 saturated carbocycles. The third-order valence-corrected chi connectivity index (χ3v) is 19.5. The number of carbonyl (C=O) groups is 3. The van der Waals surface area contributed by atoms with Gasteiger partial charge < -0.3 is 62.8 Å². The first-order chi connectivity index (χ1) is 47.8. The van der Waals surface area contributed by atoms with Crippen LogP contribution in [0.25, 0.3) is 0 Å². The minimum atomic E-state index is -4.30. The quantitative estimate of drug-likeness (QED) is 0.0206. The average molecular weight is 1540 g/mol. The van der Waals surface area contributed by atoms with Gasteiger partial charge in [0, 0.05) is 36.9 Å². The predicted molar refractivity (Wildman–Crippen MR) is 394 cm³/mol. The normalized spacial score (nSPS) is 12.0. The number of ether oxygens (including phenoxy) is 7. The van der Waals surface area contributed by atoms with Gasteiger partial charge in [-0.1, -0.05) is 212 Å². The maximum atomic E-state index is 12.3. The van der Waals surface area contributed by atoms with Crippen LogP contribution in [0.2, 0.25) is 0 Å². The molecule has 0 aromatic heterocycles. The number of rotatable bonds is 55. The minimum Gasteiger partial charge on any atom is -0.748 e. The third-order valence-electron chi connectivity index (χ3n) is 17.1. The molecule has 0 spiro atoms. The molecule has 0 aliphatic carbocycles. The number of carbonyl (C=O) groups excluding carboxylic acids is 3. The monoisotopic (exact) mass is 1540 g/mol. The van der Waals surface area contributed by atoms with Gasteiger partial charge in [0.2, 0.25) is 0 Å². The van der Waals surface area contributed by atoms with Crippen LogP contribution in [0.15, 0.2) is 54.6 Å². The van der Waals surface area contributed by atoms with Gasteiger partial charge in [0.1, 0.15) is 29.8 Å². The first-order valence-electron chi connectivity index (χ1n) is 37.0. The van der Waals surface area contributed by atoms with Crippen molar-refractivity contribution in [2.75, 3.05) is 65.3 Å². The smallest absolute Gasteiger partial charge is 0.748 e. The number of nitrogens with one attached hydrogen (secondary N) is 3. The summed E-state index contributed by atoms with van der Waals surface area (Å²) in [5, 5.41) is 7.62. The van der Waals surface area contributed by atoms with E-state index < -0.39 is 84.2 Å². The van der Waals surface area contributed by atoms with E-state index in [-0.39, 0.29) is 128 Å². The first kappa shape index (κ1) is 105. The maximum Gasteiger partial charge on any atom is 1.00 e. The largest absolute Gasteiger partial charge is 1.00 e. The van der Waals surface area contributed by atoms with Gasteiger partial charge in [-0.15, -0.1) is 0 Å². The molecular formula is C75H126N3Na3O19S3. The molecule has 0 bridgehead atoms. The van der Waals surface area contributed by atoms with Crippen molar-refractivity contribution in [1.82, 2.24) is 16.0 Å². The Morgan fingerprint density at radius 2 is 0.650 bits per heavy atom. The summed E-state index contributed by atoms with van der Waals surface area (Å²) in [7, 11) is -6.52.